The third-order valence-corrected chi connectivity index (χ3v) is 9.15. The van der Waals surface area contributed by atoms with E-state index in [-0.39, 0.29) is 11.7 Å². The maximum absolute atomic E-state index is 14.5. The lowest BCUT2D eigenvalue weighted by molar-refractivity contribution is -0.141. The minimum atomic E-state index is -1.22. The fourth-order valence-corrected chi connectivity index (χ4v) is 7.22. The van der Waals surface area contributed by atoms with Crippen LogP contribution in [0.2, 0.25) is 0 Å². The zero-order chi connectivity index (χ0) is 30.0. The Balaban J connectivity index is 1.45. The van der Waals surface area contributed by atoms with E-state index < -0.39 is 16.6 Å². The second-order valence-corrected chi connectivity index (χ2v) is 12.9. The summed E-state index contributed by atoms with van der Waals surface area (Å²) >= 11 is 0. The maximum Gasteiger partial charge on any atom is 0.330 e. The molecule has 1 spiro atoms. The van der Waals surface area contributed by atoms with E-state index >= 15 is 0 Å². The predicted octanol–water partition coefficient (Wildman–Crippen LogP) is 7.52. The van der Waals surface area contributed by atoms with Crippen LogP contribution in [0.3, 0.4) is 0 Å². The van der Waals surface area contributed by atoms with Crippen molar-refractivity contribution in [3.05, 3.63) is 124 Å². The molecule has 4 aromatic rings. The molecule has 0 aliphatic carbocycles. The number of hydrogen-bond donors (Lipinski definition) is 1. The van der Waals surface area contributed by atoms with Gasteiger partial charge in [-0.05, 0) is 87.8 Å². The minimum Gasteiger partial charge on any atom is -0.508 e. The van der Waals surface area contributed by atoms with Gasteiger partial charge in [-0.15, -0.1) is 0 Å². The minimum absolute atomic E-state index is 0.120. The van der Waals surface area contributed by atoms with E-state index in [0.29, 0.717) is 30.1 Å². The molecule has 0 amide bonds. The Hall–Kier alpha value is -4.51. The molecule has 0 bridgehead atoms. The van der Waals surface area contributed by atoms with Gasteiger partial charge in [-0.1, -0.05) is 66.7 Å². The number of fused-ring (bicyclic) bond motifs is 5. The highest BCUT2D eigenvalue weighted by molar-refractivity contribution is 6.00. The summed E-state index contributed by atoms with van der Waals surface area (Å²) in [5.41, 5.74) is 4.22. The van der Waals surface area contributed by atoms with Gasteiger partial charge in [0.15, 0.2) is 5.41 Å². The summed E-state index contributed by atoms with van der Waals surface area (Å²) in [7, 11) is 0. The zero-order valence-corrected chi connectivity index (χ0v) is 25.1. The molecule has 218 valence electrons. The van der Waals surface area contributed by atoms with Gasteiger partial charge in [0.25, 0.3) is 0 Å². The standard InChI is InChI=1S/C38H36O5/c1-36(2)20-19-28-29(18-16-25-13-9-6-10-14-25)34-31(23-30(28)42-36)41-35(40)38(34)33-26(17-15-24-11-7-5-8-12-24)21-27(39)22-32(33)43-37(38,3)4/h5-14,19-23,39H,15-18H2,1-4H3. The summed E-state index contributed by atoms with van der Waals surface area (Å²) in [6.07, 6.45) is 7.07. The van der Waals surface area contributed by atoms with Crippen LogP contribution >= 0.6 is 0 Å². The molecule has 4 aromatic carbocycles. The van der Waals surface area contributed by atoms with Crippen molar-refractivity contribution in [2.75, 3.05) is 0 Å². The summed E-state index contributed by atoms with van der Waals surface area (Å²) in [6, 6.07) is 25.9. The van der Waals surface area contributed by atoms with Crippen molar-refractivity contribution in [3.63, 3.8) is 0 Å². The fourth-order valence-electron chi connectivity index (χ4n) is 7.22. The highest BCUT2D eigenvalue weighted by Crippen LogP contribution is 2.62. The molecule has 5 nitrogen and oxygen atoms in total. The summed E-state index contributed by atoms with van der Waals surface area (Å²) < 4.78 is 19.3. The van der Waals surface area contributed by atoms with Gasteiger partial charge in [0, 0.05) is 28.8 Å². The average Bonchev–Trinajstić information content (AvgIpc) is 3.39. The van der Waals surface area contributed by atoms with Crippen molar-refractivity contribution < 1.29 is 24.1 Å². The van der Waals surface area contributed by atoms with E-state index in [1.54, 1.807) is 12.1 Å². The summed E-state index contributed by atoms with van der Waals surface area (Å²) in [4.78, 5) is 14.5. The number of aryl methyl sites for hydroxylation is 3. The Labute approximate surface area is 252 Å². The highest BCUT2D eigenvalue weighted by Gasteiger charge is 2.68. The normalized spacial score (nSPS) is 20.1. The van der Waals surface area contributed by atoms with E-state index in [1.807, 2.05) is 58.0 Å². The van der Waals surface area contributed by atoms with Crippen molar-refractivity contribution in [2.45, 2.75) is 70.0 Å². The molecule has 3 heterocycles. The van der Waals surface area contributed by atoms with Gasteiger partial charge in [-0.3, -0.25) is 4.79 Å². The number of rotatable bonds is 6. The molecule has 1 unspecified atom stereocenters. The first-order valence-electron chi connectivity index (χ1n) is 15.0. The van der Waals surface area contributed by atoms with Gasteiger partial charge < -0.3 is 19.3 Å². The summed E-state index contributed by atoms with van der Waals surface area (Å²) in [6.45, 7) is 7.95. The Morgan fingerprint density at radius 1 is 0.698 bits per heavy atom. The smallest absolute Gasteiger partial charge is 0.330 e. The SMILES string of the molecule is CC1(C)C=Cc2c(cc3c(c2CCc2ccccc2)C2(C(=O)O3)c3c(CCc4ccccc4)cc(O)cc3OC2(C)C)O1. The lowest BCUT2D eigenvalue weighted by Gasteiger charge is -2.37. The molecule has 3 aliphatic rings. The van der Waals surface area contributed by atoms with Gasteiger partial charge in [0.05, 0.1) is 0 Å². The van der Waals surface area contributed by atoms with Crippen molar-refractivity contribution in [2.24, 2.45) is 0 Å². The van der Waals surface area contributed by atoms with Crippen LogP contribution in [0.25, 0.3) is 6.08 Å². The number of carbonyl (C=O) groups excluding carboxylic acids is 1. The number of phenolic OH excluding ortho intramolecular Hbond substituents is 1. The molecular weight excluding hydrogens is 536 g/mol. The van der Waals surface area contributed by atoms with Crippen molar-refractivity contribution >= 4 is 12.0 Å². The molecule has 5 heteroatoms. The number of carbonyl (C=O) groups is 1. The molecule has 0 radical (unpaired) electrons. The number of esters is 1. The monoisotopic (exact) mass is 572 g/mol. The number of aromatic hydroxyl groups is 1. The average molecular weight is 573 g/mol. The molecule has 1 N–H and O–H groups in total. The van der Waals surface area contributed by atoms with Crippen molar-refractivity contribution in [1.82, 2.24) is 0 Å². The van der Waals surface area contributed by atoms with Crippen LogP contribution in [0, 0.1) is 0 Å². The first kappa shape index (κ1) is 27.3. The number of hydrogen-bond acceptors (Lipinski definition) is 5. The highest BCUT2D eigenvalue weighted by atomic mass is 16.6. The number of ether oxygens (including phenoxy) is 3. The van der Waals surface area contributed by atoms with Gasteiger partial charge in [-0.25, -0.2) is 0 Å². The van der Waals surface area contributed by atoms with Crippen LogP contribution < -0.4 is 14.2 Å². The van der Waals surface area contributed by atoms with E-state index in [1.165, 1.54) is 11.1 Å². The van der Waals surface area contributed by atoms with E-state index in [0.717, 1.165) is 40.7 Å². The summed E-state index contributed by atoms with van der Waals surface area (Å²) in [5.74, 6) is 1.52. The van der Waals surface area contributed by atoms with E-state index in [4.69, 9.17) is 14.2 Å². The Kier molecular flexibility index (Phi) is 6.21. The van der Waals surface area contributed by atoms with Crippen molar-refractivity contribution in [1.29, 1.82) is 0 Å². The van der Waals surface area contributed by atoms with Gasteiger partial charge in [0.2, 0.25) is 0 Å². The predicted molar refractivity (Wildman–Crippen MR) is 167 cm³/mol. The number of benzene rings is 4. The van der Waals surface area contributed by atoms with Gasteiger partial charge >= 0.3 is 5.97 Å². The third-order valence-electron chi connectivity index (χ3n) is 9.15. The van der Waals surface area contributed by atoms with Crippen LogP contribution in [0.4, 0.5) is 0 Å². The first-order valence-corrected chi connectivity index (χ1v) is 15.0. The third kappa shape index (κ3) is 4.32. The molecule has 3 aliphatic heterocycles. The first-order chi connectivity index (χ1) is 20.6. The Morgan fingerprint density at radius 2 is 1.35 bits per heavy atom. The molecule has 0 saturated carbocycles. The Bertz CT molecular complexity index is 1770. The quantitative estimate of drug-likeness (QED) is 0.191. The lowest BCUT2D eigenvalue weighted by Crippen LogP contribution is -2.52. The largest absolute Gasteiger partial charge is 0.508 e. The second-order valence-electron chi connectivity index (χ2n) is 12.9. The molecule has 43 heavy (non-hydrogen) atoms. The van der Waals surface area contributed by atoms with Crippen molar-refractivity contribution in [3.8, 4) is 23.0 Å². The molecule has 7 rings (SSSR count). The van der Waals surface area contributed by atoms with Gasteiger partial charge in [0.1, 0.15) is 34.2 Å². The lowest BCUT2D eigenvalue weighted by atomic mass is 9.63. The van der Waals surface area contributed by atoms with Crippen LogP contribution in [0.1, 0.15) is 66.6 Å². The molecular formula is C38H36O5. The van der Waals surface area contributed by atoms with E-state index in [2.05, 4.69) is 48.6 Å². The molecule has 0 fully saturated rings. The van der Waals surface area contributed by atoms with Gasteiger partial charge in [-0.2, -0.15) is 0 Å². The topological polar surface area (TPSA) is 65.0 Å². The van der Waals surface area contributed by atoms with Crippen LogP contribution in [0.15, 0.2) is 84.9 Å². The van der Waals surface area contributed by atoms with Crippen LogP contribution in [-0.4, -0.2) is 22.3 Å². The molecule has 0 saturated heterocycles. The Morgan fingerprint density at radius 3 is 2.02 bits per heavy atom. The maximum atomic E-state index is 14.5. The number of phenols is 1. The summed E-state index contributed by atoms with van der Waals surface area (Å²) in [5, 5.41) is 10.8. The van der Waals surface area contributed by atoms with E-state index in [9.17, 15) is 9.90 Å². The van der Waals surface area contributed by atoms with Crippen LogP contribution in [-0.2, 0) is 35.9 Å². The molecule has 0 aromatic heterocycles. The molecule has 1 atom stereocenters. The van der Waals surface area contributed by atoms with Crippen LogP contribution in [0.5, 0.6) is 23.0 Å². The second kappa shape index (κ2) is 9.77. The fraction of sp³-hybridized carbons (Fsp3) is 0.289. The zero-order valence-electron chi connectivity index (χ0n) is 25.1.